The molecule has 1 aliphatic carbocycles. The molecule has 2 amide bonds. The zero-order valence-corrected chi connectivity index (χ0v) is 12.7. The molecule has 7 heteroatoms. The Kier molecular flexibility index (Phi) is 5.31. The summed E-state index contributed by atoms with van der Waals surface area (Å²) in [5.74, 6) is -1.06. The number of rotatable bonds is 3. The van der Waals surface area contributed by atoms with Gasteiger partial charge in [0.15, 0.2) is 0 Å². The topological polar surface area (TPSA) is 78.4 Å². The molecule has 1 fully saturated rings. The average Bonchev–Trinajstić information content (AvgIpc) is 2.43. The molecule has 0 aromatic heterocycles. The van der Waals surface area contributed by atoms with Gasteiger partial charge in [-0.25, -0.2) is 4.79 Å². The second kappa shape index (κ2) is 7.00. The van der Waals surface area contributed by atoms with E-state index in [0.717, 1.165) is 0 Å². The highest BCUT2D eigenvalue weighted by atomic mass is 35.5. The summed E-state index contributed by atoms with van der Waals surface area (Å²) in [5.41, 5.74) is 0.445. The molecule has 1 saturated carbocycles. The minimum atomic E-state index is -0.761. The van der Waals surface area contributed by atoms with Crippen molar-refractivity contribution in [1.82, 2.24) is 5.32 Å². The quantitative estimate of drug-likeness (QED) is 0.789. The number of hydrogen-bond acceptors (Lipinski definition) is 2. The van der Waals surface area contributed by atoms with Gasteiger partial charge in [0.05, 0.1) is 16.6 Å². The van der Waals surface area contributed by atoms with Crippen molar-refractivity contribution in [2.75, 3.05) is 5.32 Å². The van der Waals surface area contributed by atoms with Crippen LogP contribution in [0.15, 0.2) is 18.2 Å². The fraction of sp³-hybridized carbons (Fsp3) is 0.429. The summed E-state index contributed by atoms with van der Waals surface area (Å²) < 4.78 is 0. The number of hydrogen-bond donors (Lipinski definition) is 3. The third-order valence-corrected chi connectivity index (χ3v) is 4.15. The Bertz CT molecular complexity index is 543. The Balaban J connectivity index is 1.85. The first kappa shape index (κ1) is 15.9. The minimum Gasteiger partial charge on any atom is -0.481 e. The van der Waals surface area contributed by atoms with Crippen LogP contribution in [0.2, 0.25) is 10.0 Å². The second-order valence-corrected chi connectivity index (χ2v) is 5.95. The Morgan fingerprint density at radius 2 is 1.81 bits per heavy atom. The van der Waals surface area contributed by atoms with Crippen molar-refractivity contribution in [2.45, 2.75) is 31.7 Å². The molecule has 21 heavy (non-hydrogen) atoms. The fourth-order valence-corrected chi connectivity index (χ4v) is 2.76. The van der Waals surface area contributed by atoms with Gasteiger partial charge in [0.25, 0.3) is 0 Å². The van der Waals surface area contributed by atoms with E-state index in [4.69, 9.17) is 28.3 Å². The van der Waals surface area contributed by atoms with Crippen LogP contribution in [-0.4, -0.2) is 23.1 Å². The summed E-state index contributed by atoms with van der Waals surface area (Å²) >= 11 is 11.8. The molecule has 114 valence electrons. The van der Waals surface area contributed by atoms with E-state index in [9.17, 15) is 9.59 Å². The molecule has 0 bridgehead atoms. The number of nitrogens with one attached hydrogen (secondary N) is 2. The first-order valence-corrected chi connectivity index (χ1v) is 7.46. The maximum atomic E-state index is 11.9. The zero-order chi connectivity index (χ0) is 15.4. The molecular formula is C14H16Cl2N2O3. The van der Waals surface area contributed by atoms with E-state index >= 15 is 0 Å². The molecule has 0 unspecified atom stereocenters. The molecule has 0 heterocycles. The van der Waals surface area contributed by atoms with E-state index in [2.05, 4.69) is 10.6 Å². The summed E-state index contributed by atoms with van der Waals surface area (Å²) in [4.78, 5) is 22.8. The van der Waals surface area contributed by atoms with E-state index in [0.29, 0.717) is 41.4 Å². The lowest BCUT2D eigenvalue weighted by Crippen LogP contribution is -2.41. The van der Waals surface area contributed by atoms with E-state index in [1.165, 1.54) is 0 Å². The van der Waals surface area contributed by atoms with Gasteiger partial charge in [-0.3, -0.25) is 4.79 Å². The Morgan fingerprint density at radius 1 is 1.14 bits per heavy atom. The molecule has 1 aromatic rings. The van der Waals surface area contributed by atoms with Gasteiger partial charge >= 0.3 is 12.0 Å². The van der Waals surface area contributed by atoms with Crippen molar-refractivity contribution in [1.29, 1.82) is 0 Å². The number of halogens is 2. The van der Waals surface area contributed by atoms with Gasteiger partial charge in [-0.15, -0.1) is 0 Å². The summed E-state index contributed by atoms with van der Waals surface area (Å²) in [6.45, 7) is 0. The molecule has 3 N–H and O–H groups in total. The van der Waals surface area contributed by atoms with E-state index in [1.54, 1.807) is 18.2 Å². The van der Waals surface area contributed by atoms with E-state index in [-0.39, 0.29) is 18.0 Å². The number of carbonyl (C=O) groups is 2. The van der Waals surface area contributed by atoms with Crippen molar-refractivity contribution >= 4 is 40.9 Å². The third kappa shape index (κ3) is 4.51. The van der Waals surface area contributed by atoms with Crippen LogP contribution < -0.4 is 10.6 Å². The molecule has 0 radical (unpaired) electrons. The van der Waals surface area contributed by atoms with Crippen LogP contribution in [0.4, 0.5) is 10.5 Å². The molecular weight excluding hydrogens is 315 g/mol. The lowest BCUT2D eigenvalue weighted by atomic mass is 9.86. The number of carboxylic acid groups (broad SMARTS) is 1. The molecule has 0 aliphatic heterocycles. The Labute approximate surface area is 132 Å². The molecule has 0 saturated heterocycles. The van der Waals surface area contributed by atoms with Crippen molar-refractivity contribution in [3.8, 4) is 0 Å². The number of carbonyl (C=O) groups excluding carboxylic acids is 1. The number of carboxylic acids is 1. The molecule has 1 aromatic carbocycles. The van der Waals surface area contributed by atoms with Crippen LogP contribution in [0, 0.1) is 5.92 Å². The summed E-state index contributed by atoms with van der Waals surface area (Å²) in [6, 6.07) is 4.44. The van der Waals surface area contributed by atoms with Gasteiger partial charge in [0, 0.05) is 11.1 Å². The van der Waals surface area contributed by atoms with Crippen molar-refractivity contribution in [3.63, 3.8) is 0 Å². The van der Waals surface area contributed by atoms with Gasteiger partial charge < -0.3 is 15.7 Å². The molecule has 2 rings (SSSR count). The Hall–Kier alpha value is -1.46. The van der Waals surface area contributed by atoms with Gasteiger partial charge in [-0.05, 0) is 43.9 Å². The van der Waals surface area contributed by atoms with Crippen molar-refractivity contribution < 1.29 is 14.7 Å². The van der Waals surface area contributed by atoms with Crippen LogP contribution in [0.5, 0.6) is 0 Å². The number of amides is 2. The highest BCUT2D eigenvalue weighted by Gasteiger charge is 2.26. The average molecular weight is 331 g/mol. The summed E-state index contributed by atoms with van der Waals surface area (Å²) in [6.07, 6.45) is 2.48. The Morgan fingerprint density at radius 3 is 2.43 bits per heavy atom. The van der Waals surface area contributed by atoms with Crippen LogP contribution in [0.3, 0.4) is 0 Å². The van der Waals surface area contributed by atoms with E-state index < -0.39 is 5.97 Å². The maximum absolute atomic E-state index is 11.9. The fourth-order valence-electron chi connectivity index (χ4n) is 2.42. The standard InChI is InChI=1S/C14H16Cl2N2O3/c15-9-3-6-11(16)12(7-9)18-14(21)17-10-4-1-8(2-5-10)13(19)20/h3,6-8,10H,1-2,4-5H2,(H,19,20)(H2,17,18,21). The highest BCUT2D eigenvalue weighted by Crippen LogP contribution is 2.26. The smallest absolute Gasteiger partial charge is 0.319 e. The van der Waals surface area contributed by atoms with Gasteiger partial charge in [0.2, 0.25) is 0 Å². The number of benzene rings is 1. The number of aliphatic carboxylic acids is 1. The first-order chi connectivity index (χ1) is 9.95. The lowest BCUT2D eigenvalue weighted by molar-refractivity contribution is -0.142. The van der Waals surface area contributed by atoms with Crippen molar-refractivity contribution in [3.05, 3.63) is 28.2 Å². The second-order valence-electron chi connectivity index (χ2n) is 5.11. The van der Waals surface area contributed by atoms with Crippen molar-refractivity contribution in [2.24, 2.45) is 5.92 Å². The van der Waals surface area contributed by atoms with Gasteiger partial charge in [-0.2, -0.15) is 0 Å². The largest absolute Gasteiger partial charge is 0.481 e. The number of anilines is 1. The summed E-state index contributed by atoms with van der Waals surface area (Å²) in [7, 11) is 0. The van der Waals surface area contributed by atoms with Crippen LogP contribution in [0.25, 0.3) is 0 Å². The van der Waals surface area contributed by atoms with Gasteiger partial charge in [0.1, 0.15) is 0 Å². The van der Waals surface area contributed by atoms with E-state index in [1.807, 2.05) is 0 Å². The first-order valence-electron chi connectivity index (χ1n) is 6.71. The third-order valence-electron chi connectivity index (χ3n) is 3.59. The van der Waals surface area contributed by atoms with Gasteiger partial charge in [-0.1, -0.05) is 23.2 Å². The minimum absolute atomic E-state index is 0.0152. The number of urea groups is 1. The molecule has 5 nitrogen and oxygen atoms in total. The SMILES string of the molecule is O=C(Nc1cc(Cl)ccc1Cl)NC1CCC(C(=O)O)CC1. The highest BCUT2D eigenvalue weighted by molar-refractivity contribution is 6.35. The van der Waals surface area contributed by atoms with Crippen LogP contribution in [-0.2, 0) is 4.79 Å². The summed E-state index contributed by atoms with van der Waals surface area (Å²) in [5, 5.41) is 15.3. The lowest BCUT2D eigenvalue weighted by Gasteiger charge is -2.26. The zero-order valence-electron chi connectivity index (χ0n) is 11.2. The monoisotopic (exact) mass is 330 g/mol. The maximum Gasteiger partial charge on any atom is 0.319 e. The normalized spacial score (nSPS) is 21.6. The van der Waals surface area contributed by atoms with Crippen LogP contribution in [0.1, 0.15) is 25.7 Å². The molecule has 0 spiro atoms. The predicted octanol–water partition coefficient (Wildman–Crippen LogP) is 3.76. The molecule has 1 aliphatic rings. The molecule has 0 atom stereocenters. The predicted molar refractivity (Wildman–Crippen MR) is 82.0 cm³/mol. The van der Waals surface area contributed by atoms with Crippen LogP contribution >= 0.6 is 23.2 Å².